The van der Waals surface area contributed by atoms with Crippen LogP contribution in [0, 0.1) is 5.92 Å². The first-order valence-electron chi connectivity index (χ1n) is 11.7. The van der Waals surface area contributed by atoms with Gasteiger partial charge >= 0.3 is 0 Å². The van der Waals surface area contributed by atoms with Crippen molar-refractivity contribution in [2.45, 2.75) is 24.6 Å². The number of carbonyl (C=O) groups is 2. The molecule has 2 aromatic carbocycles. The Morgan fingerprint density at radius 2 is 1.86 bits per heavy atom. The molecule has 0 aromatic heterocycles. The molecule has 3 unspecified atom stereocenters. The predicted octanol–water partition coefficient (Wildman–Crippen LogP) is 2.06. The topological polar surface area (TPSA) is 125 Å². The highest BCUT2D eigenvalue weighted by Gasteiger charge is 2.48. The third-order valence-electron chi connectivity index (χ3n) is 6.37. The fourth-order valence-electron chi connectivity index (χ4n) is 4.73. The standard InChI is InChI=1S/C26H28ClN3O6S/c1-37(34,35)28-14-20(15-31)30-24(18-11-12-19(27)13-18)23(21-9-5-6-10-22(21)26(30)33)25(32)29-36-16-17-7-3-2-4-8-17/h2-13,18,20,23-24,28,31H,14-16H2,1H3,(H,29,32)/t18?,20-,23?,24?/m0/s1. The van der Waals surface area contributed by atoms with Crippen molar-refractivity contribution in [1.29, 1.82) is 0 Å². The molecule has 0 saturated heterocycles. The number of amides is 2. The van der Waals surface area contributed by atoms with Crippen LogP contribution in [-0.4, -0.2) is 61.7 Å². The minimum Gasteiger partial charge on any atom is -0.394 e. The van der Waals surface area contributed by atoms with Crippen LogP contribution in [0.25, 0.3) is 0 Å². The SMILES string of the molecule is CS(=O)(=O)NC[C@@H](CO)N1C(=O)c2ccccc2C(C(=O)NOCc2ccccc2)C1C1C=CC(Cl)=C1. The van der Waals surface area contributed by atoms with Crippen molar-refractivity contribution in [3.8, 4) is 0 Å². The lowest BCUT2D eigenvalue weighted by molar-refractivity contribution is -0.138. The number of benzene rings is 2. The molecule has 0 fully saturated rings. The highest BCUT2D eigenvalue weighted by molar-refractivity contribution is 7.88. The predicted molar refractivity (Wildman–Crippen MR) is 139 cm³/mol. The van der Waals surface area contributed by atoms with Gasteiger partial charge in [0.05, 0.1) is 37.5 Å². The summed E-state index contributed by atoms with van der Waals surface area (Å²) >= 11 is 6.23. The third-order valence-corrected chi connectivity index (χ3v) is 7.31. The number of hydrogen-bond donors (Lipinski definition) is 3. The van der Waals surface area contributed by atoms with Crippen LogP contribution in [0.3, 0.4) is 0 Å². The highest BCUT2D eigenvalue weighted by atomic mass is 35.5. The van der Waals surface area contributed by atoms with Gasteiger partial charge < -0.3 is 10.0 Å². The maximum Gasteiger partial charge on any atom is 0.254 e. The third kappa shape index (κ3) is 6.28. The maximum atomic E-state index is 13.8. The number of aliphatic hydroxyl groups excluding tert-OH is 1. The van der Waals surface area contributed by atoms with Gasteiger partial charge in [-0.2, -0.15) is 0 Å². The van der Waals surface area contributed by atoms with Gasteiger partial charge in [0.15, 0.2) is 0 Å². The fraction of sp³-hybridized carbons (Fsp3) is 0.308. The first kappa shape index (κ1) is 27.0. The van der Waals surface area contributed by atoms with Gasteiger partial charge in [-0.05, 0) is 23.3 Å². The molecule has 3 N–H and O–H groups in total. The number of fused-ring (bicyclic) bond motifs is 1. The Hall–Kier alpha value is -3.02. The molecule has 0 saturated carbocycles. The maximum absolute atomic E-state index is 13.8. The van der Waals surface area contributed by atoms with E-state index in [-0.39, 0.29) is 18.7 Å². The fourth-order valence-corrected chi connectivity index (χ4v) is 5.45. The molecule has 4 atom stereocenters. The highest BCUT2D eigenvalue weighted by Crippen LogP contribution is 2.41. The van der Waals surface area contributed by atoms with E-state index in [1.165, 1.54) is 4.90 Å². The molecule has 0 bridgehead atoms. The summed E-state index contributed by atoms with van der Waals surface area (Å²) in [5.74, 6) is -2.27. The molecule has 0 radical (unpaired) electrons. The molecule has 9 nitrogen and oxygen atoms in total. The van der Waals surface area contributed by atoms with E-state index in [1.54, 1.807) is 42.5 Å². The van der Waals surface area contributed by atoms with Crippen molar-refractivity contribution in [3.05, 3.63) is 94.5 Å². The molecular weight excluding hydrogens is 518 g/mol. The lowest BCUT2D eigenvalue weighted by Crippen LogP contribution is -2.61. The zero-order valence-corrected chi connectivity index (χ0v) is 21.7. The number of nitrogens with one attached hydrogen (secondary N) is 2. The van der Waals surface area contributed by atoms with Crippen LogP contribution in [0.15, 0.2) is 77.9 Å². The molecular formula is C26H28ClN3O6S. The summed E-state index contributed by atoms with van der Waals surface area (Å²) in [5, 5.41) is 10.7. The first-order chi connectivity index (χ1) is 17.7. The van der Waals surface area contributed by atoms with E-state index in [0.29, 0.717) is 10.6 Å². The number of halogens is 1. The molecule has 4 rings (SSSR count). The van der Waals surface area contributed by atoms with Crippen LogP contribution >= 0.6 is 11.6 Å². The lowest BCUT2D eigenvalue weighted by atomic mass is 9.76. The van der Waals surface area contributed by atoms with Crippen LogP contribution in [0.1, 0.15) is 27.4 Å². The van der Waals surface area contributed by atoms with Crippen molar-refractivity contribution in [2.75, 3.05) is 19.4 Å². The van der Waals surface area contributed by atoms with Gasteiger partial charge in [-0.1, -0.05) is 72.3 Å². The molecule has 2 aromatic rings. The van der Waals surface area contributed by atoms with Crippen molar-refractivity contribution in [1.82, 2.24) is 15.1 Å². The molecule has 2 aliphatic rings. The van der Waals surface area contributed by atoms with Crippen LogP contribution in [0.4, 0.5) is 0 Å². The van der Waals surface area contributed by atoms with Gasteiger partial charge in [0, 0.05) is 23.1 Å². The zero-order chi connectivity index (χ0) is 26.6. The first-order valence-corrected chi connectivity index (χ1v) is 13.9. The Morgan fingerprint density at radius 3 is 2.51 bits per heavy atom. The second-order valence-corrected chi connectivity index (χ2v) is 11.2. The molecule has 0 spiro atoms. The Labute approximate surface area is 220 Å². The molecule has 2 amide bonds. The second-order valence-electron chi connectivity index (χ2n) is 8.95. The molecule has 1 aliphatic carbocycles. The Kier molecular flexibility index (Phi) is 8.46. The smallest absolute Gasteiger partial charge is 0.254 e. The quantitative estimate of drug-likeness (QED) is 0.393. The van der Waals surface area contributed by atoms with Gasteiger partial charge in [0.2, 0.25) is 10.0 Å². The number of nitrogens with zero attached hydrogens (tertiary/aromatic N) is 1. The summed E-state index contributed by atoms with van der Waals surface area (Å²) < 4.78 is 25.9. The summed E-state index contributed by atoms with van der Waals surface area (Å²) in [5.41, 5.74) is 4.18. The number of carbonyl (C=O) groups excluding carboxylic acids is 2. The summed E-state index contributed by atoms with van der Waals surface area (Å²) in [7, 11) is -3.60. The number of aliphatic hydroxyl groups is 1. The average Bonchev–Trinajstić information content (AvgIpc) is 3.31. The van der Waals surface area contributed by atoms with Gasteiger partial charge in [0.1, 0.15) is 0 Å². The summed E-state index contributed by atoms with van der Waals surface area (Å²) in [6.45, 7) is -0.618. The lowest BCUT2D eigenvalue weighted by Gasteiger charge is -2.46. The normalized spacial score (nSPS) is 21.9. The van der Waals surface area contributed by atoms with Crippen LogP contribution in [0.5, 0.6) is 0 Å². The number of rotatable bonds is 10. The molecule has 1 heterocycles. The second kappa shape index (κ2) is 11.6. The van der Waals surface area contributed by atoms with E-state index >= 15 is 0 Å². The zero-order valence-electron chi connectivity index (χ0n) is 20.1. The van der Waals surface area contributed by atoms with Crippen LogP contribution < -0.4 is 10.2 Å². The van der Waals surface area contributed by atoms with Crippen LogP contribution in [-0.2, 0) is 26.3 Å². The monoisotopic (exact) mass is 545 g/mol. The molecule has 11 heteroatoms. The number of sulfonamides is 1. The minimum atomic E-state index is -3.60. The van der Waals surface area contributed by atoms with E-state index < -0.39 is 52.4 Å². The Bertz CT molecular complexity index is 1310. The minimum absolute atomic E-state index is 0.140. The van der Waals surface area contributed by atoms with E-state index in [2.05, 4.69) is 10.2 Å². The van der Waals surface area contributed by atoms with Crippen molar-refractivity contribution in [3.63, 3.8) is 0 Å². The van der Waals surface area contributed by atoms with Crippen LogP contribution in [0.2, 0.25) is 0 Å². The van der Waals surface area contributed by atoms with Gasteiger partial charge in [-0.25, -0.2) is 18.6 Å². The summed E-state index contributed by atoms with van der Waals surface area (Å²) in [6, 6.07) is 14.3. The molecule has 37 heavy (non-hydrogen) atoms. The number of hydrogen-bond acceptors (Lipinski definition) is 6. The Morgan fingerprint density at radius 1 is 1.16 bits per heavy atom. The van der Waals surface area contributed by atoms with E-state index in [4.69, 9.17) is 16.4 Å². The van der Waals surface area contributed by atoms with E-state index in [9.17, 15) is 23.1 Å². The molecule has 196 valence electrons. The van der Waals surface area contributed by atoms with Crippen molar-refractivity contribution < 1.29 is 28.0 Å². The van der Waals surface area contributed by atoms with Crippen molar-refractivity contribution >= 4 is 33.4 Å². The summed E-state index contributed by atoms with van der Waals surface area (Å²) in [6.07, 6.45) is 6.18. The van der Waals surface area contributed by atoms with Gasteiger partial charge in [-0.15, -0.1) is 0 Å². The van der Waals surface area contributed by atoms with E-state index in [1.807, 2.05) is 30.3 Å². The van der Waals surface area contributed by atoms with E-state index in [0.717, 1.165) is 11.8 Å². The van der Waals surface area contributed by atoms with Gasteiger partial charge in [-0.3, -0.25) is 14.4 Å². The average molecular weight is 546 g/mol. The summed E-state index contributed by atoms with van der Waals surface area (Å²) in [4.78, 5) is 34.3. The molecule has 1 aliphatic heterocycles. The number of hydroxylamine groups is 1. The Balaban J connectivity index is 1.71. The van der Waals surface area contributed by atoms with Gasteiger partial charge in [0.25, 0.3) is 11.8 Å². The largest absolute Gasteiger partial charge is 0.394 e. The van der Waals surface area contributed by atoms with Crippen molar-refractivity contribution in [2.24, 2.45) is 5.92 Å². The number of allylic oxidation sites excluding steroid dienone is 2.